The Morgan fingerprint density at radius 2 is 1.68 bits per heavy atom. The minimum absolute atomic E-state index is 0.248. The van der Waals surface area contributed by atoms with Crippen LogP contribution in [0.4, 0.5) is 0 Å². The van der Waals surface area contributed by atoms with Crippen LogP contribution in [-0.2, 0) is 22.5 Å². The van der Waals surface area contributed by atoms with E-state index in [0.717, 1.165) is 28.2 Å². The molecule has 0 bridgehead atoms. The first-order valence-electron chi connectivity index (χ1n) is 10.8. The molecule has 0 fully saturated rings. The van der Waals surface area contributed by atoms with Crippen LogP contribution in [0, 0.1) is 13.8 Å². The Bertz CT molecular complexity index is 1240. The molecule has 1 amide bonds. The molecule has 1 aliphatic heterocycles. The average molecular weight is 484 g/mol. The van der Waals surface area contributed by atoms with E-state index in [0.29, 0.717) is 41.6 Å². The Kier molecular flexibility index (Phi) is 6.79. The zero-order valence-electron chi connectivity index (χ0n) is 19.6. The predicted molar refractivity (Wildman–Crippen MR) is 127 cm³/mol. The number of halogens is 1. The maximum absolute atomic E-state index is 12.7. The van der Waals surface area contributed by atoms with Crippen molar-refractivity contribution < 1.29 is 23.8 Å². The molecule has 2 heterocycles. The summed E-state index contributed by atoms with van der Waals surface area (Å²) in [6.45, 7) is 4.35. The number of amides is 1. The summed E-state index contributed by atoms with van der Waals surface area (Å²) in [5.74, 6) is 0.480. The molecule has 0 aliphatic carbocycles. The lowest BCUT2D eigenvalue weighted by Crippen LogP contribution is -2.38. The second-order valence-electron chi connectivity index (χ2n) is 8.06. The van der Waals surface area contributed by atoms with Crippen LogP contribution in [0.1, 0.15) is 32.9 Å². The first kappa shape index (κ1) is 23.6. The van der Waals surface area contributed by atoms with Crippen molar-refractivity contribution in [2.24, 2.45) is 0 Å². The number of hydrogen-bond acceptors (Lipinski definition) is 6. The van der Waals surface area contributed by atoms with Gasteiger partial charge in [-0.25, -0.2) is 9.48 Å². The average Bonchev–Trinajstić information content (AvgIpc) is 3.12. The molecule has 0 radical (unpaired) electrons. The number of rotatable bonds is 6. The highest BCUT2D eigenvalue weighted by Gasteiger charge is 2.24. The number of fused-ring (bicyclic) bond motifs is 1. The van der Waals surface area contributed by atoms with Gasteiger partial charge in [0.05, 0.1) is 41.9 Å². The Morgan fingerprint density at radius 3 is 2.26 bits per heavy atom. The van der Waals surface area contributed by atoms with Crippen LogP contribution in [-0.4, -0.2) is 53.9 Å². The molecular weight excluding hydrogens is 458 g/mol. The first-order valence-corrected chi connectivity index (χ1v) is 11.2. The van der Waals surface area contributed by atoms with Gasteiger partial charge in [0.1, 0.15) is 0 Å². The summed E-state index contributed by atoms with van der Waals surface area (Å²) in [7, 11) is 3.17. The number of benzene rings is 2. The van der Waals surface area contributed by atoms with Gasteiger partial charge in [-0.2, -0.15) is 5.10 Å². The molecule has 0 saturated carbocycles. The van der Waals surface area contributed by atoms with Crippen molar-refractivity contribution in [1.82, 2.24) is 14.7 Å². The van der Waals surface area contributed by atoms with Gasteiger partial charge in [0.25, 0.3) is 5.91 Å². The molecule has 9 heteroatoms. The van der Waals surface area contributed by atoms with Crippen molar-refractivity contribution in [3.8, 4) is 17.2 Å². The molecule has 0 unspecified atom stereocenters. The van der Waals surface area contributed by atoms with E-state index in [2.05, 4.69) is 5.10 Å². The summed E-state index contributed by atoms with van der Waals surface area (Å²) in [5.41, 5.74) is 4.79. The van der Waals surface area contributed by atoms with E-state index < -0.39 is 5.97 Å². The standard InChI is InChI=1S/C25H26ClN3O5/c1-15-24(26)16(2)29(27-15)20-7-5-17(6-8-20)25(31)34-14-23(30)28-10-9-18-11-21(32-3)22(33-4)12-19(18)13-28/h5-8,11-12H,9-10,13-14H2,1-4H3. The Morgan fingerprint density at radius 1 is 1.03 bits per heavy atom. The SMILES string of the molecule is COc1cc2c(cc1OC)CN(C(=O)COC(=O)c1ccc(-n3nc(C)c(Cl)c3C)cc1)CC2. The Balaban J connectivity index is 1.37. The van der Waals surface area contributed by atoms with Crippen molar-refractivity contribution in [2.45, 2.75) is 26.8 Å². The topological polar surface area (TPSA) is 82.9 Å². The summed E-state index contributed by atoms with van der Waals surface area (Å²) in [4.78, 5) is 26.9. The van der Waals surface area contributed by atoms with E-state index in [1.807, 2.05) is 26.0 Å². The number of esters is 1. The maximum atomic E-state index is 12.7. The van der Waals surface area contributed by atoms with Gasteiger partial charge in [-0.3, -0.25) is 4.79 Å². The molecule has 1 aliphatic rings. The fraction of sp³-hybridized carbons (Fsp3) is 0.320. The summed E-state index contributed by atoms with van der Waals surface area (Å²) in [5, 5.41) is 5.02. The van der Waals surface area contributed by atoms with Crippen LogP contribution in [0.2, 0.25) is 5.02 Å². The summed E-state index contributed by atoms with van der Waals surface area (Å²) in [6, 6.07) is 10.6. The van der Waals surface area contributed by atoms with Crippen molar-refractivity contribution in [1.29, 1.82) is 0 Å². The molecule has 4 rings (SSSR count). The number of nitrogens with zero attached hydrogens (tertiary/aromatic N) is 3. The van der Waals surface area contributed by atoms with Crippen molar-refractivity contribution >= 4 is 23.5 Å². The van der Waals surface area contributed by atoms with Gasteiger partial charge >= 0.3 is 5.97 Å². The van der Waals surface area contributed by atoms with E-state index >= 15 is 0 Å². The highest BCUT2D eigenvalue weighted by atomic mass is 35.5. The van der Waals surface area contributed by atoms with Gasteiger partial charge in [0.15, 0.2) is 18.1 Å². The lowest BCUT2D eigenvalue weighted by Gasteiger charge is -2.29. The van der Waals surface area contributed by atoms with Gasteiger partial charge in [0.2, 0.25) is 0 Å². The van der Waals surface area contributed by atoms with Crippen molar-refractivity contribution in [3.05, 3.63) is 69.5 Å². The van der Waals surface area contributed by atoms with Crippen LogP contribution in [0.25, 0.3) is 5.69 Å². The smallest absolute Gasteiger partial charge is 0.338 e. The molecule has 0 saturated heterocycles. The third-order valence-corrected chi connectivity index (χ3v) is 6.50. The van der Waals surface area contributed by atoms with Crippen molar-refractivity contribution in [2.75, 3.05) is 27.4 Å². The molecule has 3 aromatic rings. The maximum Gasteiger partial charge on any atom is 0.338 e. The van der Waals surface area contributed by atoms with Gasteiger partial charge in [0, 0.05) is 13.1 Å². The normalized spacial score (nSPS) is 12.8. The number of hydrogen-bond donors (Lipinski definition) is 0. The van der Waals surface area contributed by atoms with Gasteiger partial charge in [-0.15, -0.1) is 0 Å². The van der Waals surface area contributed by atoms with Gasteiger partial charge in [-0.05, 0) is 67.8 Å². The van der Waals surface area contributed by atoms with E-state index in [1.165, 1.54) is 0 Å². The molecule has 34 heavy (non-hydrogen) atoms. The minimum Gasteiger partial charge on any atom is -0.493 e. The van der Waals surface area contributed by atoms with Crippen LogP contribution < -0.4 is 9.47 Å². The fourth-order valence-corrected chi connectivity index (χ4v) is 4.13. The molecule has 178 valence electrons. The van der Waals surface area contributed by atoms with E-state index in [1.54, 1.807) is 48.1 Å². The first-order chi connectivity index (χ1) is 16.3. The molecule has 0 atom stereocenters. The molecule has 1 aromatic heterocycles. The highest BCUT2D eigenvalue weighted by Crippen LogP contribution is 2.33. The summed E-state index contributed by atoms with van der Waals surface area (Å²) < 4.78 is 17.7. The van der Waals surface area contributed by atoms with E-state index in [9.17, 15) is 9.59 Å². The molecule has 0 N–H and O–H groups in total. The Hall–Kier alpha value is -3.52. The molecule has 8 nitrogen and oxygen atoms in total. The fourth-order valence-electron chi connectivity index (χ4n) is 4.01. The summed E-state index contributed by atoms with van der Waals surface area (Å²) in [6.07, 6.45) is 0.688. The monoisotopic (exact) mass is 483 g/mol. The largest absolute Gasteiger partial charge is 0.493 e. The lowest BCUT2D eigenvalue weighted by atomic mass is 9.99. The number of aromatic nitrogens is 2. The van der Waals surface area contributed by atoms with Gasteiger partial charge in [-0.1, -0.05) is 11.6 Å². The van der Waals surface area contributed by atoms with E-state index in [-0.39, 0.29) is 12.5 Å². The van der Waals surface area contributed by atoms with Crippen LogP contribution in [0.15, 0.2) is 36.4 Å². The minimum atomic E-state index is -0.560. The van der Waals surface area contributed by atoms with Crippen LogP contribution in [0.5, 0.6) is 11.5 Å². The molecule has 2 aromatic carbocycles. The number of aryl methyl sites for hydroxylation is 1. The molecule has 0 spiro atoms. The van der Waals surface area contributed by atoms with Crippen LogP contribution in [0.3, 0.4) is 0 Å². The zero-order valence-corrected chi connectivity index (χ0v) is 20.3. The summed E-state index contributed by atoms with van der Waals surface area (Å²) >= 11 is 6.22. The molecular formula is C25H26ClN3O5. The van der Waals surface area contributed by atoms with Crippen LogP contribution >= 0.6 is 11.6 Å². The predicted octanol–water partition coefficient (Wildman–Crippen LogP) is 3.90. The number of carbonyl (C=O) groups excluding carboxylic acids is 2. The number of ether oxygens (including phenoxy) is 3. The zero-order chi connectivity index (χ0) is 24.4. The van der Waals surface area contributed by atoms with Crippen molar-refractivity contribution in [3.63, 3.8) is 0 Å². The quantitative estimate of drug-likeness (QED) is 0.494. The third kappa shape index (κ3) is 4.59. The van der Waals surface area contributed by atoms with E-state index in [4.69, 9.17) is 25.8 Å². The second-order valence-corrected chi connectivity index (χ2v) is 8.44. The number of carbonyl (C=O) groups is 2. The Labute approximate surface area is 203 Å². The third-order valence-electron chi connectivity index (χ3n) is 5.95. The number of methoxy groups -OCH3 is 2. The second kappa shape index (κ2) is 9.77. The highest BCUT2D eigenvalue weighted by molar-refractivity contribution is 6.31. The lowest BCUT2D eigenvalue weighted by molar-refractivity contribution is -0.135. The van der Waals surface area contributed by atoms with Gasteiger partial charge < -0.3 is 19.1 Å².